The van der Waals surface area contributed by atoms with Crippen LogP contribution in [-0.4, -0.2) is 10.1 Å². The molecule has 0 aliphatic carbocycles. The number of nitrogens with zero attached hydrogens (tertiary/aromatic N) is 1. The van der Waals surface area contributed by atoms with Crippen LogP contribution in [0.1, 0.15) is 0 Å². The van der Waals surface area contributed by atoms with Crippen molar-refractivity contribution in [3.8, 4) is 39.6 Å². The Bertz CT molecular complexity index is 1030. The molecule has 0 bridgehead atoms. The summed E-state index contributed by atoms with van der Waals surface area (Å²) < 4.78 is 33.0. The van der Waals surface area contributed by atoms with Gasteiger partial charge in [-0.05, 0) is 35.4 Å². The summed E-state index contributed by atoms with van der Waals surface area (Å²) in [6.45, 7) is 0. The highest BCUT2D eigenvalue weighted by atomic mass is 19.1. The molecule has 5 heteroatoms. The Kier molecular flexibility index (Phi) is 3.97. The van der Waals surface area contributed by atoms with E-state index in [4.69, 9.17) is 4.42 Å². The van der Waals surface area contributed by atoms with Crippen LogP contribution in [0.2, 0.25) is 0 Å². The summed E-state index contributed by atoms with van der Waals surface area (Å²) in [5, 5.41) is 9.36. The molecule has 1 aromatic heterocycles. The van der Waals surface area contributed by atoms with Crippen LogP contribution in [-0.2, 0) is 0 Å². The highest BCUT2D eigenvalue weighted by molar-refractivity contribution is 5.70. The van der Waals surface area contributed by atoms with E-state index in [9.17, 15) is 13.9 Å². The zero-order chi connectivity index (χ0) is 18.1. The van der Waals surface area contributed by atoms with Gasteiger partial charge in [0.25, 0.3) is 0 Å². The Morgan fingerprint density at radius 2 is 1.27 bits per heavy atom. The molecule has 0 radical (unpaired) electrons. The van der Waals surface area contributed by atoms with E-state index < -0.39 is 11.6 Å². The van der Waals surface area contributed by atoms with E-state index in [1.165, 1.54) is 12.3 Å². The van der Waals surface area contributed by atoms with Gasteiger partial charge in [-0.25, -0.2) is 13.8 Å². The Balaban J connectivity index is 1.65. The van der Waals surface area contributed by atoms with E-state index in [-0.39, 0.29) is 17.2 Å². The molecule has 3 aromatic carbocycles. The maximum atomic E-state index is 13.9. The molecule has 3 nitrogen and oxygen atoms in total. The van der Waals surface area contributed by atoms with Crippen molar-refractivity contribution in [2.24, 2.45) is 0 Å². The van der Waals surface area contributed by atoms with Crippen molar-refractivity contribution in [1.82, 2.24) is 4.98 Å². The number of benzene rings is 3. The molecule has 4 rings (SSSR count). The molecule has 0 spiro atoms. The lowest BCUT2D eigenvalue weighted by Crippen LogP contribution is -1.89. The number of halogens is 2. The summed E-state index contributed by atoms with van der Waals surface area (Å²) in [5.41, 5.74) is 2.90. The highest BCUT2D eigenvalue weighted by Crippen LogP contribution is 2.30. The second-order valence-electron chi connectivity index (χ2n) is 5.76. The lowest BCUT2D eigenvalue weighted by atomic mass is 10.0. The SMILES string of the molecule is Oc1ccc(-c2ccc(-c3coc(-c4c(F)cccc4F)n3)cc2)cc1. The van der Waals surface area contributed by atoms with Crippen molar-refractivity contribution in [2.75, 3.05) is 0 Å². The van der Waals surface area contributed by atoms with Crippen LogP contribution >= 0.6 is 0 Å². The first-order valence-electron chi connectivity index (χ1n) is 7.91. The van der Waals surface area contributed by atoms with Crippen LogP contribution in [0.3, 0.4) is 0 Å². The molecule has 26 heavy (non-hydrogen) atoms. The van der Waals surface area contributed by atoms with E-state index in [1.807, 2.05) is 36.4 Å². The third-order valence-electron chi connectivity index (χ3n) is 4.06. The number of phenolic OH excluding ortho intramolecular Hbond substituents is 1. The van der Waals surface area contributed by atoms with Gasteiger partial charge in [0.05, 0.1) is 0 Å². The molecule has 0 atom stereocenters. The van der Waals surface area contributed by atoms with Gasteiger partial charge in [0.2, 0.25) is 5.89 Å². The fraction of sp³-hybridized carbons (Fsp3) is 0. The largest absolute Gasteiger partial charge is 0.508 e. The molecule has 0 aliphatic heterocycles. The Labute approximate surface area is 148 Å². The number of phenols is 1. The smallest absolute Gasteiger partial charge is 0.232 e. The van der Waals surface area contributed by atoms with Gasteiger partial charge in [-0.3, -0.25) is 0 Å². The number of hydrogen-bond acceptors (Lipinski definition) is 3. The molecular weight excluding hydrogens is 336 g/mol. The highest BCUT2D eigenvalue weighted by Gasteiger charge is 2.17. The molecule has 0 amide bonds. The molecule has 0 fully saturated rings. The predicted octanol–water partition coefficient (Wildman–Crippen LogP) is 5.66. The van der Waals surface area contributed by atoms with E-state index in [2.05, 4.69) is 4.98 Å². The van der Waals surface area contributed by atoms with Crippen LogP contribution in [0.15, 0.2) is 77.4 Å². The minimum Gasteiger partial charge on any atom is -0.508 e. The quantitative estimate of drug-likeness (QED) is 0.519. The third kappa shape index (κ3) is 2.95. The van der Waals surface area contributed by atoms with Crippen molar-refractivity contribution in [2.45, 2.75) is 0 Å². The van der Waals surface area contributed by atoms with Crippen LogP contribution in [0.5, 0.6) is 5.75 Å². The fourth-order valence-corrected chi connectivity index (χ4v) is 2.71. The zero-order valence-electron chi connectivity index (χ0n) is 13.5. The summed E-state index contributed by atoms with van der Waals surface area (Å²) in [5.74, 6) is -1.33. The average molecular weight is 349 g/mol. The van der Waals surface area contributed by atoms with Gasteiger partial charge in [0.1, 0.15) is 34.9 Å². The fourth-order valence-electron chi connectivity index (χ4n) is 2.71. The van der Waals surface area contributed by atoms with Crippen LogP contribution < -0.4 is 0 Å². The molecule has 0 saturated heterocycles. The molecule has 1 N–H and O–H groups in total. The second kappa shape index (κ2) is 6.44. The summed E-state index contributed by atoms with van der Waals surface area (Å²) in [6, 6.07) is 18.0. The van der Waals surface area contributed by atoms with Crippen LogP contribution in [0.4, 0.5) is 8.78 Å². The molecule has 128 valence electrons. The first-order valence-corrected chi connectivity index (χ1v) is 7.91. The minimum absolute atomic E-state index is 0.0989. The maximum Gasteiger partial charge on any atom is 0.232 e. The summed E-state index contributed by atoms with van der Waals surface area (Å²) in [4.78, 5) is 4.21. The topological polar surface area (TPSA) is 46.3 Å². The van der Waals surface area contributed by atoms with Gasteiger partial charge in [0, 0.05) is 5.56 Å². The van der Waals surface area contributed by atoms with E-state index >= 15 is 0 Å². The normalized spacial score (nSPS) is 10.8. The van der Waals surface area contributed by atoms with Crippen molar-refractivity contribution in [3.05, 3.63) is 84.6 Å². The second-order valence-corrected chi connectivity index (χ2v) is 5.76. The van der Waals surface area contributed by atoms with Gasteiger partial charge in [-0.2, -0.15) is 0 Å². The Hall–Kier alpha value is -3.47. The molecule has 4 aromatic rings. The van der Waals surface area contributed by atoms with Crippen LogP contribution in [0, 0.1) is 11.6 Å². The maximum absolute atomic E-state index is 13.9. The van der Waals surface area contributed by atoms with E-state index in [0.29, 0.717) is 5.69 Å². The predicted molar refractivity (Wildman–Crippen MR) is 94.4 cm³/mol. The molecule has 0 saturated carbocycles. The molecular formula is C21H13F2NO2. The molecule has 0 unspecified atom stereocenters. The number of rotatable bonds is 3. The lowest BCUT2D eigenvalue weighted by molar-refractivity contribution is 0.475. The number of oxazole rings is 1. The third-order valence-corrected chi connectivity index (χ3v) is 4.06. The summed E-state index contributed by atoms with van der Waals surface area (Å²) in [6.07, 6.45) is 1.37. The molecule has 0 aliphatic rings. The number of aromatic hydroxyl groups is 1. The first-order chi connectivity index (χ1) is 12.6. The summed E-state index contributed by atoms with van der Waals surface area (Å²) >= 11 is 0. The van der Waals surface area contributed by atoms with Crippen LogP contribution in [0.25, 0.3) is 33.8 Å². The standard InChI is InChI=1S/C21H13F2NO2/c22-17-2-1-3-18(23)20(17)21-24-19(12-26-21)15-6-4-13(5-7-15)14-8-10-16(25)11-9-14/h1-12,25H. The molecule has 1 heterocycles. The van der Waals surface area contributed by atoms with Gasteiger partial charge < -0.3 is 9.52 Å². The van der Waals surface area contributed by atoms with E-state index in [0.717, 1.165) is 28.8 Å². The zero-order valence-corrected chi connectivity index (χ0v) is 13.5. The van der Waals surface area contributed by atoms with E-state index in [1.54, 1.807) is 12.1 Å². The minimum atomic E-state index is -0.721. The Morgan fingerprint density at radius 1 is 0.731 bits per heavy atom. The van der Waals surface area contributed by atoms with Crippen molar-refractivity contribution in [1.29, 1.82) is 0 Å². The van der Waals surface area contributed by atoms with Crippen molar-refractivity contribution < 1.29 is 18.3 Å². The first kappa shape index (κ1) is 16.0. The van der Waals surface area contributed by atoms with Crippen molar-refractivity contribution in [3.63, 3.8) is 0 Å². The lowest BCUT2D eigenvalue weighted by Gasteiger charge is -2.03. The van der Waals surface area contributed by atoms with Crippen molar-refractivity contribution >= 4 is 0 Å². The van der Waals surface area contributed by atoms with Gasteiger partial charge in [-0.15, -0.1) is 0 Å². The average Bonchev–Trinajstić information content (AvgIpc) is 3.12. The van der Waals surface area contributed by atoms with Gasteiger partial charge in [0.15, 0.2) is 0 Å². The Morgan fingerprint density at radius 3 is 1.88 bits per heavy atom. The number of aromatic nitrogens is 1. The van der Waals surface area contributed by atoms with Gasteiger partial charge in [-0.1, -0.05) is 42.5 Å². The van der Waals surface area contributed by atoms with Gasteiger partial charge >= 0.3 is 0 Å². The summed E-state index contributed by atoms with van der Waals surface area (Å²) in [7, 11) is 0. The number of hydrogen-bond donors (Lipinski definition) is 1. The monoisotopic (exact) mass is 349 g/mol.